The van der Waals surface area contributed by atoms with Crippen LogP contribution in [-0.2, 0) is 20.0 Å². The molecule has 4 heterocycles. The molecule has 154 valence electrons. The number of hydrogen-bond acceptors (Lipinski definition) is 6. The van der Waals surface area contributed by atoms with E-state index in [9.17, 15) is 4.39 Å². The third kappa shape index (κ3) is 2.73. The molecule has 5 aromatic rings. The van der Waals surface area contributed by atoms with Gasteiger partial charge < -0.3 is 14.6 Å². The highest BCUT2D eigenvalue weighted by molar-refractivity contribution is 5.95. The second-order valence-electron chi connectivity index (χ2n) is 7.50. The van der Waals surface area contributed by atoms with Gasteiger partial charge >= 0.3 is 0 Å². The number of imidazole rings is 1. The summed E-state index contributed by atoms with van der Waals surface area (Å²) < 4.78 is 23.8. The zero-order chi connectivity index (χ0) is 20.9. The Hall–Kier alpha value is -4.01. The van der Waals surface area contributed by atoms with E-state index in [2.05, 4.69) is 25.5 Å². The number of nitrogens with one attached hydrogen (secondary N) is 1. The minimum absolute atomic E-state index is 0.254. The average Bonchev–Trinajstić information content (AvgIpc) is 3.53. The van der Waals surface area contributed by atoms with Gasteiger partial charge in [-0.3, -0.25) is 4.40 Å². The van der Waals surface area contributed by atoms with Gasteiger partial charge in [-0.2, -0.15) is 0 Å². The average molecular weight is 415 g/mol. The van der Waals surface area contributed by atoms with Crippen molar-refractivity contribution in [2.75, 3.05) is 11.9 Å². The van der Waals surface area contributed by atoms with Crippen LogP contribution in [0.15, 0.2) is 49.2 Å². The number of halogens is 1. The highest BCUT2D eigenvalue weighted by Gasteiger charge is 2.20. The molecule has 31 heavy (non-hydrogen) atoms. The van der Waals surface area contributed by atoms with Crippen molar-refractivity contribution in [1.29, 1.82) is 0 Å². The summed E-state index contributed by atoms with van der Waals surface area (Å²) in [5.74, 6) is 1.03. The summed E-state index contributed by atoms with van der Waals surface area (Å²) in [6.45, 7) is 0.862. The normalized spacial score (nSPS) is 13.0. The number of benzene rings is 2. The molecule has 0 unspecified atom stereocenters. The first-order valence-corrected chi connectivity index (χ1v) is 9.97. The predicted octanol–water partition coefficient (Wildman–Crippen LogP) is 3.36. The smallest absolute Gasteiger partial charge is 0.210 e. The number of anilines is 1. The Morgan fingerprint density at radius 3 is 3.00 bits per heavy atom. The topological polar surface area (TPSA) is 82.2 Å². The van der Waals surface area contributed by atoms with E-state index in [1.165, 1.54) is 6.07 Å². The van der Waals surface area contributed by atoms with Crippen LogP contribution < -0.4 is 10.1 Å². The summed E-state index contributed by atoms with van der Waals surface area (Å²) in [7, 11) is 1.96. The highest BCUT2D eigenvalue weighted by atomic mass is 19.1. The Labute approximate surface area is 176 Å². The summed E-state index contributed by atoms with van der Waals surface area (Å²) in [5.41, 5.74) is 5.81. The minimum atomic E-state index is -0.254. The van der Waals surface area contributed by atoms with Crippen LogP contribution in [0.5, 0.6) is 5.75 Å². The standard InChI is InChI=1S/C22H18FN7O/c1-29-11-26-20-14(3-2-4-18(20)29)16-10-25-22(30-12-27-28-21(16)30)24-9-15-13-7-8-31-19(13)6-5-17(15)23/h2-6,10-12H,7-9H2,1H3,(H,24,25). The number of hydrogen-bond donors (Lipinski definition) is 1. The van der Waals surface area contributed by atoms with Crippen LogP contribution in [0.3, 0.4) is 0 Å². The second kappa shape index (κ2) is 6.76. The molecule has 8 nitrogen and oxygen atoms in total. The van der Waals surface area contributed by atoms with Gasteiger partial charge in [-0.05, 0) is 18.2 Å². The molecule has 2 aromatic carbocycles. The van der Waals surface area contributed by atoms with Crippen molar-refractivity contribution in [2.45, 2.75) is 13.0 Å². The Balaban J connectivity index is 1.40. The van der Waals surface area contributed by atoms with Gasteiger partial charge in [-0.25, -0.2) is 14.4 Å². The van der Waals surface area contributed by atoms with E-state index in [4.69, 9.17) is 4.74 Å². The van der Waals surface area contributed by atoms with Crippen molar-refractivity contribution < 1.29 is 9.13 Å². The minimum Gasteiger partial charge on any atom is -0.493 e. The van der Waals surface area contributed by atoms with Crippen molar-refractivity contribution in [3.05, 3.63) is 66.1 Å². The number of para-hydroxylation sites is 1. The second-order valence-corrected chi connectivity index (χ2v) is 7.50. The number of aromatic nitrogens is 6. The van der Waals surface area contributed by atoms with E-state index in [1.54, 1.807) is 29.3 Å². The van der Waals surface area contributed by atoms with Crippen LogP contribution in [0.25, 0.3) is 27.8 Å². The Bertz CT molecular complexity index is 1460. The molecule has 0 radical (unpaired) electrons. The molecule has 9 heteroatoms. The molecule has 1 N–H and O–H groups in total. The monoisotopic (exact) mass is 415 g/mol. The SMILES string of the molecule is Cn1cnc2c(-c3cnc(NCc4c(F)ccc5c4CCO5)n4cnnc34)cccc21. The maximum absolute atomic E-state index is 14.5. The Morgan fingerprint density at radius 1 is 1.13 bits per heavy atom. The quantitative estimate of drug-likeness (QED) is 0.485. The first kappa shape index (κ1) is 17.8. The molecule has 0 saturated heterocycles. The zero-order valence-corrected chi connectivity index (χ0v) is 16.7. The predicted molar refractivity (Wildman–Crippen MR) is 113 cm³/mol. The number of fused-ring (bicyclic) bond motifs is 3. The molecule has 0 saturated carbocycles. The number of ether oxygens (including phenoxy) is 1. The number of rotatable bonds is 4. The van der Waals surface area contributed by atoms with Crippen molar-refractivity contribution in [3.63, 3.8) is 0 Å². The van der Waals surface area contributed by atoms with Crippen molar-refractivity contribution >= 4 is 22.6 Å². The van der Waals surface area contributed by atoms with Crippen molar-refractivity contribution in [3.8, 4) is 16.9 Å². The summed E-state index contributed by atoms with van der Waals surface area (Å²) in [6, 6.07) is 9.13. The van der Waals surface area contributed by atoms with Crippen LogP contribution in [0.1, 0.15) is 11.1 Å². The molecule has 0 spiro atoms. The lowest BCUT2D eigenvalue weighted by atomic mass is 10.0. The highest BCUT2D eigenvalue weighted by Crippen LogP contribution is 2.32. The van der Waals surface area contributed by atoms with Crippen LogP contribution in [-0.4, -0.2) is 35.7 Å². The summed E-state index contributed by atoms with van der Waals surface area (Å²) in [6.07, 6.45) is 5.84. The molecular formula is C22H18FN7O. The Morgan fingerprint density at radius 2 is 2.06 bits per heavy atom. The molecule has 6 rings (SSSR count). The van der Waals surface area contributed by atoms with Gasteiger partial charge in [0.1, 0.15) is 17.9 Å². The fraction of sp³-hybridized carbons (Fsp3) is 0.182. The first-order valence-electron chi connectivity index (χ1n) is 9.97. The molecule has 0 atom stereocenters. The number of nitrogens with zero attached hydrogens (tertiary/aromatic N) is 6. The van der Waals surface area contributed by atoms with E-state index in [-0.39, 0.29) is 12.4 Å². The van der Waals surface area contributed by atoms with E-state index in [0.717, 1.165) is 33.5 Å². The summed E-state index contributed by atoms with van der Waals surface area (Å²) in [4.78, 5) is 9.13. The Kier molecular flexibility index (Phi) is 3.89. The van der Waals surface area contributed by atoms with Gasteiger partial charge in [0.15, 0.2) is 5.65 Å². The van der Waals surface area contributed by atoms with Gasteiger partial charge in [0.05, 0.1) is 24.0 Å². The van der Waals surface area contributed by atoms with Crippen LogP contribution >= 0.6 is 0 Å². The van der Waals surface area contributed by atoms with Gasteiger partial charge in [-0.1, -0.05) is 12.1 Å². The summed E-state index contributed by atoms with van der Waals surface area (Å²) >= 11 is 0. The lowest BCUT2D eigenvalue weighted by Crippen LogP contribution is -2.09. The van der Waals surface area contributed by atoms with E-state index in [0.29, 0.717) is 30.2 Å². The lowest BCUT2D eigenvalue weighted by Gasteiger charge is -2.12. The van der Waals surface area contributed by atoms with Gasteiger partial charge in [0, 0.05) is 48.5 Å². The molecule has 0 fully saturated rings. The van der Waals surface area contributed by atoms with Crippen LogP contribution in [0.2, 0.25) is 0 Å². The largest absolute Gasteiger partial charge is 0.493 e. The zero-order valence-electron chi connectivity index (χ0n) is 16.7. The van der Waals surface area contributed by atoms with E-state index >= 15 is 0 Å². The van der Waals surface area contributed by atoms with Gasteiger partial charge in [-0.15, -0.1) is 10.2 Å². The molecule has 0 amide bonds. The maximum atomic E-state index is 14.5. The van der Waals surface area contributed by atoms with Crippen LogP contribution in [0.4, 0.5) is 10.3 Å². The summed E-state index contributed by atoms with van der Waals surface area (Å²) in [5, 5.41) is 11.6. The molecule has 0 aliphatic carbocycles. The third-order valence-corrected chi connectivity index (χ3v) is 5.74. The van der Waals surface area contributed by atoms with Gasteiger partial charge in [0.25, 0.3) is 0 Å². The molecular weight excluding hydrogens is 397 g/mol. The van der Waals surface area contributed by atoms with Crippen LogP contribution in [0, 0.1) is 5.82 Å². The molecule has 0 bridgehead atoms. The fourth-order valence-corrected chi connectivity index (χ4v) is 4.19. The third-order valence-electron chi connectivity index (χ3n) is 5.74. The molecule has 1 aliphatic rings. The van der Waals surface area contributed by atoms with Crippen molar-refractivity contribution in [1.82, 2.24) is 29.1 Å². The fourth-order valence-electron chi connectivity index (χ4n) is 4.19. The van der Waals surface area contributed by atoms with Crippen molar-refractivity contribution in [2.24, 2.45) is 7.05 Å². The maximum Gasteiger partial charge on any atom is 0.210 e. The molecule has 3 aromatic heterocycles. The number of aryl methyl sites for hydroxylation is 1. The molecule has 1 aliphatic heterocycles. The lowest BCUT2D eigenvalue weighted by molar-refractivity contribution is 0.356. The van der Waals surface area contributed by atoms with E-state index < -0.39 is 0 Å². The first-order chi connectivity index (χ1) is 15.2. The van der Waals surface area contributed by atoms with E-state index in [1.807, 2.05) is 29.8 Å². The van der Waals surface area contributed by atoms with Gasteiger partial charge in [0.2, 0.25) is 5.95 Å².